The van der Waals surface area contributed by atoms with Crippen molar-refractivity contribution in [3.05, 3.63) is 34.1 Å². The van der Waals surface area contributed by atoms with E-state index in [9.17, 15) is 4.39 Å². The zero-order valence-electron chi connectivity index (χ0n) is 9.69. The van der Waals surface area contributed by atoms with Gasteiger partial charge in [0.25, 0.3) is 0 Å². The Hall–Kier alpha value is -0.600. The maximum absolute atomic E-state index is 13.9. The SMILES string of the molecule is CC(C)c1cc(Cl)c(F)c(C2CCNC2)c1. The first kappa shape index (κ1) is 11.9. The van der Waals surface area contributed by atoms with Gasteiger partial charge in [0.2, 0.25) is 0 Å². The molecule has 1 aliphatic heterocycles. The first-order valence-corrected chi connectivity index (χ1v) is 6.17. The molecule has 1 aliphatic rings. The van der Waals surface area contributed by atoms with Crippen LogP contribution in [-0.4, -0.2) is 13.1 Å². The highest BCUT2D eigenvalue weighted by Gasteiger charge is 2.22. The minimum atomic E-state index is -0.236. The lowest BCUT2D eigenvalue weighted by atomic mass is 9.93. The Labute approximate surface area is 101 Å². The highest BCUT2D eigenvalue weighted by Crippen LogP contribution is 2.32. The summed E-state index contributed by atoms with van der Waals surface area (Å²) in [4.78, 5) is 0. The number of rotatable bonds is 2. The zero-order chi connectivity index (χ0) is 11.7. The van der Waals surface area contributed by atoms with Crippen LogP contribution < -0.4 is 5.32 Å². The predicted octanol–water partition coefficient (Wildman–Crippen LogP) is 3.68. The van der Waals surface area contributed by atoms with Gasteiger partial charge in [0.1, 0.15) is 5.82 Å². The van der Waals surface area contributed by atoms with Crippen molar-refractivity contribution in [2.24, 2.45) is 0 Å². The van der Waals surface area contributed by atoms with Gasteiger partial charge in [-0.15, -0.1) is 0 Å². The van der Waals surface area contributed by atoms with Crippen molar-refractivity contribution in [3.8, 4) is 0 Å². The van der Waals surface area contributed by atoms with Gasteiger partial charge in [-0.05, 0) is 36.1 Å². The van der Waals surface area contributed by atoms with Gasteiger partial charge in [-0.2, -0.15) is 0 Å². The van der Waals surface area contributed by atoms with Crippen molar-refractivity contribution in [3.63, 3.8) is 0 Å². The monoisotopic (exact) mass is 241 g/mol. The third-order valence-corrected chi connectivity index (χ3v) is 3.52. The van der Waals surface area contributed by atoms with Crippen LogP contribution in [0.4, 0.5) is 4.39 Å². The van der Waals surface area contributed by atoms with Gasteiger partial charge in [0, 0.05) is 12.5 Å². The fourth-order valence-corrected chi connectivity index (χ4v) is 2.42. The summed E-state index contributed by atoms with van der Waals surface area (Å²) in [5.74, 6) is 0.419. The summed E-state index contributed by atoms with van der Waals surface area (Å²) in [6.45, 7) is 6.02. The summed E-state index contributed by atoms with van der Waals surface area (Å²) < 4.78 is 13.9. The van der Waals surface area contributed by atoms with Gasteiger partial charge in [0.05, 0.1) is 5.02 Å². The summed E-state index contributed by atoms with van der Waals surface area (Å²) in [6.07, 6.45) is 0.995. The molecule has 1 unspecified atom stereocenters. The molecule has 1 atom stereocenters. The molecule has 0 spiro atoms. The first-order valence-electron chi connectivity index (χ1n) is 5.79. The molecule has 0 radical (unpaired) electrons. The Morgan fingerprint density at radius 2 is 2.19 bits per heavy atom. The molecule has 1 N–H and O–H groups in total. The summed E-state index contributed by atoms with van der Waals surface area (Å²) in [7, 11) is 0. The Morgan fingerprint density at radius 3 is 2.75 bits per heavy atom. The fourth-order valence-electron chi connectivity index (χ4n) is 2.18. The van der Waals surface area contributed by atoms with E-state index in [1.54, 1.807) is 6.07 Å². The van der Waals surface area contributed by atoms with E-state index < -0.39 is 0 Å². The van der Waals surface area contributed by atoms with Crippen LogP contribution in [0.2, 0.25) is 5.02 Å². The molecule has 0 bridgehead atoms. The Balaban J connectivity index is 2.41. The maximum Gasteiger partial charge on any atom is 0.145 e. The van der Waals surface area contributed by atoms with Crippen molar-refractivity contribution in [1.29, 1.82) is 0 Å². The third kappa shape index (κ3) is 2.23. The summed E-state index contributed by atoms with van der Waals surface area (Å²) in [5, 5.41) is 3.51. The molecule has 1 saturated heterocycles. The molecular formula is C13H17ClFN. The van der Waals surface area contributed by atoms with E-state index in [-0.39, 0.29) is 16.8 Å². The molecule has 1 aromatic carbocycles. The molecule has 3 heteroatoms. The molecule has 1 fully saturated rings. The normalized spacial score (nSPS) is 20.7. The van der Waals surface area contributed by atoms with Crippen LogP contribution in [0.5, 0.6) is 0 Å². The van der Waals surface area contributed by atoms with Crippen molar-refractivity contribution in [2.45, 2.75) is 32.1 Å². The van der Waals surface area contributed by atoms with Gasteiger partial charge < -0.3 is 5.32 Å². The maximum atomic E-state index is 13.9. The fraction of sp³-hybridized carbons (Fsp3) is 0.538. The van der Waals surface area contributed by atoms with Crippen LogP contribution in [0.3, 0.4) is 0 Å². The molecule has 0 saturated carbocycles. The van der Waals surface area contributed by atoms with Crippen LogP contribution in [0, 0.1) is 5.82 Å². The van der Waals surface area contributed by atoms with E-state index in [1.807, 2.05) is 6.07 Å². The molecule has 0 aliphatic carbocycles. The van der Waals surface area contributed by atoms with Crippen molar-refractivity contribution in [2.75, 3.05) is 13.1 Å². The van der Waals surface area contributed by atoms with Gasteiger partial charge in [0.15, 0.2) is 0 Å². The van der Waals surface area contributed by atoms with Crippen LogP contribution in [0.25, 0.3) is 0 Å². The molecule has 16 heavy (non-hydrogen) atoms. The standard InChI is InChI=1S/C13H17ClFN/c1-8(2)10-5-11(9-3-4-16-7-9)13(15)12(14)6-10/h5-6,8-9,16H,3-4,7H2,1-2H3. The molecule has 1 heterocycles. The van der Waals surface area contributed by atoms with E-state index in [4.69, 9.17) is 11.6 Å². The quantitative estimate of drug-likeness (QED) is 0.833. The first-order chi connectivity index (χ1) is 7.59. The topological polar surface area (TPSA) is 12.0 Å². The molecular weight excluding hydrogens is 225 g/mol. The average Bonchev–Trinajstić information content (AvgIpc) is 2.74. The second kappa shape index (κ2) is 4.72. The molecule has 1 nitrogen and oxygen atoms in total. The summed E-state index contributed by atoms with van der Waals surface area (Å²) in [5.41, 5.74) is 1.90. The Morgan fingerprint density at radius 1 is 1.44 bits per heavy atom. The second-order valence-electron chi connectivity index (χ2n) is 4.75. The van der Waals surface area contributed by atoms with Gasteiger partial charge in [-0.3, -0.25) is 0 Å². The van der Waals surface area contributed by atoms with Crippen LogP contribution >= 0.6 is 11.6 Å². The summed E-state index contributed by atoms with van der Waals surface area (Å²) >= 11 is 5.95. The molecule has 88 valence electrons. The molecule has 2 rings (SSSR count). The molecule has 0 amide bonds. The van der Waals surface area contributed by atoms with E-state index >= 15 is 0 Å². The lowest BCUT2D eigenvalue weighted by Gasteiger charge is -2.15. The Kier molecular flexibility index (Phi) is 3.50. The molecule has 0 aromatic heterocycles. The van der Waals surface area contributed by atoms with Gasteiger partial charge in [-0.25, -0.2) is 4.39 Å². The van der Waals surface area contributed by atoms with Crippen LogP contribution in [-0.2, 0) is 0 Å². The smallest absolute Gasteiger partial charge is 0.145 e. The highest BCUT2D eigenvalue weighted by molar-refractivity contribution is 6.30. The lowest BCUT2D eigenvalue weighted by molar-refractivity contribution is 0.586. The zero-order valence-corrected chi connectivity index (χ0v) is 10.4. The van der Waals surface area contributed by atoms with Crippen molar-refractivity contribution >= 4 is 11.6 Å². The van der Waals surface area contributed by atoms with E-state index in [0.29, 0.717) is 5.92 Å². The highest BCUT2D eigenvalue weighted by atomic mass is 35.5. The van der Waals surface area contributed by atoms with Crippen molar-refractivity contribution < 1.29 is 4.39 Å². The van der Waals surface area contributed by atoms with Gasteiger partial charge >= 0.3 is 0 Å². The lowest BCUT2D eigenvalue weighted by Crippen LogP contribution is -2.09. The minimum Gasteiger partial charge on any atom is -0.316 e. The Bertz CT molecular complexity index is 384. The largest absolute Gasteiger partial charge is 0.316 e. The van der Waals surface area contributed by atoms with E-state index in [1.165, 1.54) is 0 Å². The number of hydrogen-bond acceptors (Lipinski definition) is 1. The third-order valence-electron chi connectivity index (χ3n) is 3.25. The van der Waals surface area contributed by atoms with E-state index in [0.717, 1.165) is 30.6 Å². The van der Waals surface area contributed by atoms with Gasteiger partial charge in [-0.1, -0.05) is 31.5 Å². The van der Waals surface area contributed by atoms with Crippen LogP contribution in [0.15, 0.2) is 12.1 Å². The van der Waals surface area contributed by atoms with E-state index in [2.05, 4.69) is 19.2 Å². The second-order valence-corrected chi connectivity index (χ2v) is 5.16. The minimum absolute atomic E-state index is 0.236. The number of hydrogen-bond donors (Lipinski definition) is 1. The summed E-state index contributed by atoms with van der Waals surface area (Å²) in [6, 6.07) is 3.72. The van der Waals surface area contributed by atoms with Crippen LogP contribution in [0.1, 0.15) is 43.2 Å². The average molecular weight is 242 g/mol. The van der Waals surface area contributed by atoms with Crippen molar-refractivity contribution in [1.82, 2.24) is 5.32 Å². The number of halogens is 2. The number of nitrogens with one attached hydrogen (secondary N) is 1. The number of benzene rings is 1. The molecule has 1 aromatic rings. The predicted molar refractivity (Wildman–Crippen MR) is 65.7 cm³/mol.